The van der Waals surface area contributed by atoms with Crippen LogP contribution in [0, 0.1) is 0 Å². The van der Waals surface area contributed by atoms with Gasteiger partial charge in [0.1, 0.15) is 6.04 Å². The third-order valence-corrected chi connectivity index (χ3v) is 2.39. The highest BCUT2D eigenvalue weighted by molar-refractivity contribution is 5.75. The second-order valence-electron chi connectivity index (χ2n) is 3.72. The largest absolute Gasteiger partial charge is 0.468 e. The first-order valence-corrected chi connectivity index (χ1v) is 6.15. The molecule has 0 aromatic heterocycles. The van der Waals surface area contributed by atoms with Gasteiger partial charge in [-0.2, -0.15) is 0 Å². The van der Waals surface area contributed by atoms with Crippen LogP contribution < -0.4 is 5.32 Å². The molecule has 0 fully saturated rings. The summed E-state index contributed by atoms with van der Waals surface area (Å²) < 4.78 is 20.2. The van der Waals surface area contributed by atoms with Gasteiger partial charge in [0.2, 0.25) is 0 Å². The first-order valence-electron chi connectivity index (χ1n) is 6.15. The number of methoxy groups -OCH3 is 2. The molecule has 0 spiro atoms. The molecule has 0 aliphatic heterocycles. The molecule has 0 bridgehead atoms. The maximum absolute atomic E-state index is 11.2. The molecule has 0 aromatic rings. The number of carbonyl (C=O) groups excluding carboxylic acids is 1. The quantitative estimate of drug-likeness (QED) is 0.401. The minimum atomic E-state index is -0.308. The lowest BCUT2D eigenvalue weighted by molar-refractivity contribution is -0.143. The predicted octanol–water partition coefficient (Wildman–Crippen LogP) is 0.207. The molecule has 0 saturated heterocycles. The van der Waals surface area contributed by atoms with Crippen LogP contribution in [0.15, 0.2) is 0 Å². The second kappa shape index (κ2) is 12.8. The Balaban J connectivity index is 3.31. The maximum Gasteiger partial charge on any atom is 0.322 e. The smallest absolute Gasteiger partial charge is 0.322 e. The van der Waals surface area contributed by atoms with Crippen molar-refractivity contribution in [1.82, 2.24) is 5.32 Å². The number of esters is 1. The maximum atomic E-state index is 11.2. The van der Waals surface area contributed by atoms with Crippen molar-refractivity contribution in [3.8, 4) is 0 Å². The summed E-state index contributed by atoms with van der Waals surface area (Å²) in [5.41, 5.74) is 0. The summed E-state index contributed by atoms with van der Waals surface area (Å²) in [5.74, 6) is -0.267. The highest BCUT2D eigenvalue weighted by Crippen LogP contribution is 1.95. The molecule has 108 valence electrons. The highest BCUT2D eigenvalue weighted by atomic mass is 16.5. The molecule has 18 heavy (non-hydrogen) atoms. The van der Waals surface area contributed by atoms with Gasteiger partial charge >= 0.3 is 5.97 Å². The fourth-order valence-electron chi connectivity index (χ4n) is 1.35. The van der Waals surface area contributed by atoms with E-state index in [0.717, 1.165) is 6.42 Å². The summed E-state index contributed by atoms with van der Waals surface area (Å²) in [4.78, 5) is 11.2. The fourth-order valence-corrected chi connectivity index (χ4v) is 1.35. The van der Waals surface area contributed by atoms with Gasteiger partial charge in [0.05, 0.1) is 20.3 Å². The van der Waals surface area contributed by atoms with Crippen molar-refractivity contribution in [2.45, 2.75) is 18.9 Å². The summed E-state index contributed by atoms with van der Waals surface area (Å²) in [6.45, 7) is 2.99. The molecular weight excluding hydrogens is 238 g/mol. The number of rotatable bonds is 12. The first-order chi connectivity index (χ1) is 8.76. The van der Waals surface area contributed by atoms with Crippen LogP contribution in [0.5, 0.6) is 0 Å². The monoisotopic (exact) mass is 263 g/mol. The van der Waals surface area contributed by atoms with E-state index in [1.54, 1.807) is 14.2 Å². The van der Waals surface area contributed by atoms with Gasteiger partial charge in [-0.3, -0.25) is 4.79 Å². The fraction of sp³-hybridized carbons (Fsp3) is 0.917. The third kappa shape index (κ3) is 9.35. The Morgan fingerprint density at radius 1 is 1.06 bits per heavy atom. The van der Waals surface area contributed by atoms with Gasteiger partial charge in [0.25, 0.3) is 0 Å². The second-order valence-corrected chi connectivity index (χ2v) is 3.72. The minimum Gasteiger partial charge on any atom is -0.468 e. The Bertz CT molecular complexity index is 201. The first kappa shape index (κ1) is 17.3. The van der Waals surface area contributed by atoms with Gasteiger partial charge in [-0.1, -0.05) is 0 Å². The molecule has 0 aliphatic rings. The third-order valence-electron chi connectivity index (χ3n) is 2.39. The number of carbonyl (C=O) groups is 1. The van der Waals surface area contributed by atoms with Crippen molar-refractivity contribution in [3.05, 3.63) is 0 Å². The van der Waals surface area contributed by atoms with E-state index in [9.17, 15) is 4.79 Å². The van der Waals surface area contributed by atoms with Gasteiger partial charge < -0.3 is 24.3 Å². The molecule has 0 rings (SSSR count). The minimum absolute atomic E-state index is 0.267. The average Bonchev–Trinajstić information content (AvgIpc) is 2.40. The standard InChI is InChI=1S/C12H25NO5/c1-13-11(12(14)16-3)5-8-18-10-9-17-7-4-6-15-2/h11,13H,4-10H2,1-3H3. The summed E-state index contributed by atoms with van der Waals surface area (Å²) in [7, 11) is 4.77. The Kier molecular flexibility index (Phi) is 12.3. The van der Waals surface area contributed by atoms with Gasteiger partial charge in [-0.25, -0.2) is 0 Å². The molecule has 0 amide bonds. The van der Waals surface area contributed by atoms with Crippen LogP contribution in [-0.2, 0) is 23.7 Å². The number of hydrogen-bond donors (Lipinski definition) is 1. The van der Waals surface area contributed by atoms with E-state index in [4.69, 9.17) is 14.2 Å². The van der Waals surface area contributed by atoms with Crippen molar-refractivity contribution in [3.63, 3.8) is 0 Å². The van der Waals surface area contributed by atoms with Crippen molar-refractivity contribution in [2.24, 2.45) is 0 Å². The molecule has 0 radical (unpaired) electrons. The van der Waals surface area contributed by atoms with Crippen LogP contribution in [0.2, 0.25) is 0 Å². The van der Waals surface area contributed by atoms with Crippen LogP contribution in [0.4, 0.5) is 0 Å². The van der Waals surface area contributed by atoms with E-state index in [1.165, 1.54) is 7.11 Å². The molecule has 0 saturated carbocycles. The van der Waals surface area contributed by atoms with Crippen LogP contribution in [0.1, 0.15) is 12.8 Å². The van der Waals surface area contributed by atoms with Gasteiger partial charge in [-0.15, -0.1) is 0 Å². The number of nitrogens with one attached hydrogen (secondary N) is 1. The van der Waals surface area contributed by atoms with Crippen LogP contribution in [0.25, 0.3) is 0 Å². The van der Waals surface area contributed by atoms with Crippen molar-refractivity contribution in [2.75, 3.05) is 54.3 Å². The summed E-state index contributed by atoms with van der Waals surface area (Å²) in [6.07, 6.45) is 1.48. The topological polar surface area (TPSA) is 66.0 Å². The van der Waals surface area contributed by atoms with E-state index in [-0.39, 0.29) is 12.0 Å². The Hall–Kier alpha value is -0.690. The molecule has 1 atom stereocenters. The summed E-state index contributed by atoms with van der Waals surface area (Å²) in [6, 6.07) is -0.308. The van der Waals surface area contributed by atoms with Gasteiger partial charge in [-0.05, 0) is 19.9 Å². The van der Waals surface area contributed by atoms with Gasteiger partial charge in [0.15, 0.2) is 0 Å². The summed E-state index contributed by atoms with van der Waals surface area (Å²) >= 11 is 0. The number of likely N-dealkylation sites (N-methyl/N-ethyl adjacent to an activating group) is 1. The van der Waals surface area contributed by atoms with E-state index in [1.807, 2.05) is 0 Å². The SMILES string of the molecule is CNC(CCOCCOCCCOC)C(=O)OC. The Morgan fingerprint density at radius 2 is 1.72 bits per heavy atom. The van der Waals surface area contributed by atoms with E-state index >= 15 is 0 Å². The lowest BCUT2D eigenvalue weighted by Crippen LogP contribution is -2.36. The van der Waals surface area contributed by atoms with Crippen LogP contribution >= 0.6 is 0 Å². The van der Waals surface area contributed by atoms with Crippen LogP contribution in [0.3, 0.4) is 0 Å². The molecule has 6 nitrogen and oxygen atoms in total. The predicted molar refractivity (Wildman–Crippen MR) is 67.6 cm³/mol. The number of hydrogen-bond acceptors (Lipinski definition) is 6. The Morgan fingerprint density at radius 3 is 2.28 bits per heavy atom. The molecule has 1 N–H and O–H groups in total. The molecule has 0 aliphatic carbocycles. The highest BCUT2D eigenvalue weighted by Gasteiger charge is 2.15. The number of ether oxygens (including phenoxy) is 4. The Labute approximate surface area is 109 Å². The lowest BCUT2D eigenvalue weighted by atomic mass is 10.2. The van der Waals surface area contributed by atoms with E-state index in [0.29, 0.717) is 39.5 Å². The molecular formula is C12H25NO5. The van der Waals surface area contributed by atoms with E-state index < -0.39 is 0 Å². The summed E-state index contributed by atoms with van der Waals surface area (Å²) in [5, 5.41) is 2.88. The lowest BCUT2D eigenvalue weighted by Gasteiger charge is -2.13. The van der Waals surface area contributed by atoms with Crippen LogP contribution in [-0.4, -0.2) is 66.3 Å². The molecule has 1 unspecified atom stereocenters. The zero-order valence-corrected chi connectivity index (χ0v) is 11.6. The zero-order chi connectivity index (χ0) is 13.6. The molecule has 6 heteroatoms. The molecule has 0 aromatic carbocycles. The average molecular weight is 263 g/mol. The van der Waals surface area contributed by atoms with Crippen molar-refractivity contribution < 1.29 is 23.7 Å². The zero-order valence-electron chi connectivity index (χ0n) is 11.6. The van der Waals surface area contributed by atoms with Crippen molar-refractivity contribution in [1.29, 1.82) is 0 Å². The molecule has 0 heterocycles. The normalized spacial score (nSPS) is 12.4. The van der Waals surface area contributed by atoms with E-state index in [2.05, 4.69) is 10.1 Å². The van der Waals surface area contributed by atoms with Crippen molar-refractivity contribution >= 4 is 5.97 Å². The van der Waals surface area contributed by atoms with Gasteiger partial charge in [0, 0.05) is 26.9 Å².